The van der Waals surface area contributed by atoms with Gasteiger partial charge in [-0.2, -0.15) is 0 Å². The van der Waals surface area contributed by atoms with Crippen LogP contribution < -0.4 is 0 Å². The molecule has 0 aliphatic rings. The molecule has 0 amide bonds. The quantitative estimate of drug-likeness (QED) is 0.0262. The van der Waals surface area contributed by atoms with Gasteiger partial charge >= 0.3 is 17.9 Å². The molecule has 69 heavy (non-hydrogen) atoms. The molecule has 0 fully saturated rings. The monoisotopic (exact) mass is 963 g/mol. The molecule has 0 rings (SSSR count). The highest BCUT2D eigenvalue weighted by atomic mass is 16.6. The highest BCUT2D eigenvalue weighted by Crippen LogP contribution is 2.15. The molecule has 0 spiro atoms. The molecule has 0 aliphatic heterocycles. The first-order valence-electron chi connectivity index (χ1n) is 29.4. The van der Waals surface area contributed by atoms with Crippen molar-refractivity contribution in [2.45, 2.75) is 297 Å². The molecule has 0 unspecified atom stereocenters. The van der Waals surface area contributed by atoms with Crippen molar-refractivity contribution < 1.29 is 28.6 Å². The lowest BCUT2D eigenvalue weighted by atomic mass is 10.1. The predicted octanol–water partition coefficient (Wildman–Crippen LogP) is 19.8. The van der Waals surface area contributed by atoms with E-state index in [2.05, 4.69) is 93.7 Å². The summed E-state index contributed by atoms with van der Waals surface area (Å²) in [6.45, 7) is 6.56. The standard InChI is InChI=1S/C63H110O6/c1-4-7-10-13-16-19-22-25-28-30-31-33-36-38-41-44-47-50-53-56-62(65)68-59-60(69-63(66)57-54-51-48-45-42-39-34-27-24-21-18-15-12-9-6-3)58-67-61(64)55-52-49-46-43-40-37-35-32-29-26-23-20-17-14-11-8-5-2/h16-21,25-29,34,60H,4-15,22-24,30-33,35-59H2,1-3H3/b19-16-,20-17-,21-18-,28-25-,29-26-,34-27-/t60-/m0/s1. The van der Waals surface area contributed by atoms with E-state index in [1.54, 1.807) is 0 Å². The number of esters is 3. The Bertz CT molecular complexity index is 1290. The van der Waals surface area contributed by atoms with Crippen LogP contribution in [-0.4, -0.2) is 37.2 Å². The number of ether oxygens (including phenoxy) is 3. The zero-order valence-electron chi connectivity index (χ0n) is 45.6. The van der Waals surface area contributed by atoms with E-state index in [1.807, 2.05) is 0 Å². The van der Waals surface area contributed by atoms with Gasteiger partial charge in [0, 0.05) is 19.3 Å². The lowest BCUT2D eigenvalue weighted by molar-refractivity contribution is -0.167. The molecule has 6 heteroatoms. The summed E-state index contributed by atoms with van der Waals surface area (Å²) in [5.74, 6) is -0.902. The van der Waals surface area contributed by atoms with Crippen LogP contribution in [0.25, 0.3) is 0 Å². The van der Waals surface area contributed by atoms with Gasteiger partial charge in [-0.25, -0.2) is 0 Å². The second-order valence-electron chi connectivity index (χ2n) is 19.5. The van der Waals surface area contributed by atoms with Crippen LogP contribution in [0.1, 0.15) is 290 Å². The van der Waals surface area contributed by atoms with Gasteiger partial charge in [0.15, 0.2) is 6.10 Å². The molecule has 0 saturated carbocycles. The number of rotatable bonds is 53. The SMILES string of the molecule is CCCCC/C=C\C/C=C\CCCCCCCCCCCC(=O)OC[C@H](COC(=O)CCCCCCCCC/C=C\C/C=C\CCCCC)OC(=O)CCCCCCC/C=C\C/C=C\CCCCC. The third kappa shape index (κ3) is 55.6. The second-order valence-corrected chi connectivity index (χ2v) is 19.5. The van der Waals surface area contributed by atoms with Crippen molar-refractivity contribution >= 4 is 17.9 Å². The van der Waals surface area contributed by atoms with Crippen LogP contribution in [0.4, 0.5) is 0 Å². The Kier molecular flexibility index (Phi) is 54.8. The van der Waals surface area contributed by atoms with Crippen molar-refractivity contribution in [2.24, 2.45) is 0 Å². The molecule has 0 aromatic rings. The van der Waals surface area contributed by atoms with Gasteiger partial charge in [-0.05, 0) is 116 Å². The van der Waals surface area contributed by atoms with E-state index in [1.165, 1.54) is 148 Å². The summed E-state index contributed by atoms with van der Waals surface area (Å²) in [4.78, 5) is 38.2. The zero-order chi connectivity index (χ0) is 50.0. The normalized spacial score (nSPS) is 12.6. The number of carbonyl (C=O) groups is 3. The van der Waals surface area contributed by atoms with Crippen molar-refractivity contribution in [3.05, 3.63) is 72.9 Å². The Hall–Kier alpha value is -3.15. The van der Waals surface area contributed by atoms with Gasteiger partial charge in [0.2, 0.25) is 0 Å². The van der Waals surface area contributed by atoms with Gasteiger partial charge in [0.25, 0.3) is 0 Å². The first-order chi connectivity index (χ1) is 34.0. The van der Waals surface area contributed by atoms with E-state index < -0.39 is 6.10 Å². The number of carbonyl (C=O) groups excluding carboxylic acids is 3. The van der Waals surface area contributed by atoms with Crippen LogP contribution in [-0.2, 0) is 28.6 Å². The van der Waals surface area contributed by atoms with E-state index in [0.29, 0.717) is 19.3 Å². The number of hydrogen-bond acceptors (Lipinski definition) is 6. The largest absolute Gasteiger partial charge is 0.462 e. The summed E-state index contributed by atoms with van der Waals surface area (Å²) in [7, 11) is 0. The fourth-order valence-electron chi connectivity index (χ4n) is 8.18. The predicted molar refractivity (Wildman–Crippen MR) is 298 cm³/mol. The zero-order valence-corrected chi connectivity index (χ0v) is 45.6. The van der Waals surface area contributed by atoms with Crippen molar-refractivity contribution in [3.63, 3.8) is 0 Å². The molecule has 0 aromatic carbocycles. The minimum absolute atomic E-state index is 0.0854. The Morgan fingerprint density at radius 3 is 0.797 bits per heavy atom. The van der Waals surface area contributed by atoms with Crippen molar-refractivity contribution in [3.8, 4) is 0 Å². The van der Waals surface area contributed by atoms with Crippen LogP contribution in [0, 0.1) is 0 Å². The highest BCUT2D eigenvalue weighted by molar-refractivity contribution is 5.71. The first-order valence-corrected chi connectivity index (χ1v) is 29.4. The molecule has 0 saturated heterocycles. The van der Waals surface area contributed by atoms with Gasteiger partial charge < -0.3 is 14.2 Å². The molecule has 0 radical (unpaired) electrons. The Morgan fingerprint density at radius 2 is 0.522 bits per heavy atom. The second kappa shape index (κ2) is 57.4. The molecule has 1 atom stereocenters. The van der Waals surface area contributed by atoms with E-state index in [4.69, 9.17) is 14.2 Å². The minimum atomic E-state index is -0.788. The van der Waals surface area contributed by atoms with E-state index >= 15 is 0 Å². The number of allylic oxidation sites excluding steroid dienone is 12. The molecule has 6 nitrogen and oxygen atoms in total. The molecular formula is C63H110O6. The fraction of sp³-hybridized carbons (Fsp3) is 0.762. The van der Waals surface area contributed by atoms with Crippen molar-refractivity contribution in [1.82, 2.24) is 0 Å². The van der Waals surface area contributed by atoms with Crippen LogP contribution in [0.3, 0.4) is 0 Å². The highest BCUT2D eigenvalue weighted by Gasteiger charge is 2.19. The lowest BCUT2D eigenvalue weighted by Crippen LogP contribution is -2.30. The van der Waals surface area contributed by atoms with Gasteiger partial charge in [-0.3, -0.25) is 14.4 Å². The Balaban J connectivity index is 4.40. The Morgan fingerprint density at radius 1 is 0.290 bits per heavy atom. The average molecular weight is 964 g/mol. The Labute approximate surface area is 427 Å². The van der Waals surface area contributed by atoms with Crippen LogP contribution in [0.5, 0.6) is 0 Å². The molecular weight excluding hydrogens is 853 g/mol. The van der Waals surface area contributed by atoms with Gasteiger partial charge in [-0.15, -0.1) is 0 Å². The van der Waals surface area contributed by atoms with Crippen molar-refractivity contribution in [1.29, 1.82) is 0 Å². The molecule has 0 aromatic heterocycles. The van der Waals surface area contributed by atoms with Gasteiger partial charge in [0.05, 0.1) is 0 Å². The van der Waals surface area contributed by atoms with Crippen molar-refractivity contribution in [2.75, 3.05) is 13.2 Å². The van der Waals surface area contributed by atoms with E-state index in [-0.39, 0.29) is 31.1 Å². The maximum atomic E-state index is 12.9. The van der Waals surface area contributed by atoms with E-state index in [9.17, 15) is 14.4 Å². The van der Waals surface area contributed by atoms with Gasteiger partial charge in [-0.1, -0.05) is 229 Å². The maximum Gasteiger partial charge on any atom is 0.306 e. The molecule has 0 bridgehead atoms. The first kappa shape index (κ1) is 65.8. The number of unbranched alkanes of at least 4 members (excludes halogenated alkanes) is 30. The van der Waals surface area contributed by atoms with Gasteiger partial charge in [0.1, 0.15) is 13.2 Å². The molecule has 0 heterocycles. The molecule has 0 N–H and O–H groups in total. The number of hydrogen-bond donors (Lipinski definition) is 0. The minimum Gasteiger partial charge on any atom is -0.462 e. The summed E-state index contributed by atoms with van der Waals surface area (Å²) < 4.78 is 16.9. The lowest BCUT2D eigenvalue weighted by Gasteiger charge is -2.18. The summed E-state index contributed by atoms with van der Waals surface area (Å²) in [5.41, 5.74) is 0. The third-order valence-electron chi connectivity index (χ3n) is 12.7. The van der Waals surface area contributed by atoms with Crippen LogP contribution in [0.15, 0.2) is 72.9 Å². The smallest absolute Gasteiger partial charge is 0.306 e. The van der Waals surface area contributed by atoms with Crippen LogP contribution in [0.2, 0.25) is 0 Å². The third-order valence-corrected chi connectivity index (χ3v) is 12.7. The van der Waals surface area contributed by atoms with Crippen LogP contribution >= 0.6 is 0 Å². The van der Waals surface area contributed by atoms with E-state index in [0.717, 1.165) is 103 Å². The maximum absolute atomic E-state index is 12.9. The topological polar surface area (TPSA) is 78.9 Å². The molecule has 0 aliphatic carbocycles. The summed E-state index contributed by atoms with van der Waals surface area (Å²) >= 11 is 0. The summed E-state index contributed by atoms with van der Waals surface area (Å²) in [5, 5.41) is 0. The summed E-state index contributed by atoms with van der Waals surface area (Å²) in [6.07, 6.45) is 73.1. The summed E-state index contributed by atoms with van der Waals surface area (Å²) in [6, 6.07) is 0. The average Bonchev–Trinajstić information content (AvgIpc) is 3.35. The molecule has 398 valence electrons. The fourth-order valence-corrected chi connectivity index (χ4v) is 8.18.